The van der Waals surface area contributed by atoms with Gasteiger partial charge in [-0.1, -0.05) is 30.4 Å². The van der Waals surface area contributed by atoms with Crippen LogP contribution in [0.4, 0.5) is 5.69 Å². The summed E-state index contributed by atoms with van der Waals surface area (Å²) in [7, 11) is 1.60. The van der Waals surface area contributed by atoms with E-state index < -0.39 is 0 Å². The van der Waals surface area contributed by atoms with Gasteiger partial charge in [0.1, 0.15) is 5.75 Å². The van der Waals surface area contributed by atoms with E-state index in [0.717, 1.165) is 38.6 Å². The van der Waals surface area contributed by atoms with Gasteiger partial charge in [-0.2, -0.15) is 0 Å². The van der Waals surface area contributed by atoms with Crippen molar-refractivity contribution in [1.82, 2.24) is 9.55 Å². The van der Waals surface area contributed by atoms with E-state index in [-0.39, 0.29) is 10.8 Å². The first kappa shape index (κ1) is 22.1. The van der Waals surface area contributed by atoms with Crippen LogP contribution >= 0.6 is 23.1 Å². The Bertz CT molecular complexity index is 1300. The third kappa shape index (κ3) is 5.20. The maximum absolute atomic E-state index is 12.6. The van der Waals surface area contributed by atoms with Crippen molar-refractivity contribution in [3.63, 3.8) is 0 Å². The van der Waals surface area contributed by atoms with Crippen LogP contribution < -0.4 is 14.9 Å². The summed E-state index contributed by atoms with van der Waals surface area (Å²) in [6.07, 6.45) is 1.96. The summed E-state index contributed by atoms with van der Waals surface area (Å²) in [5, 5.41) is 2.94. The zero-order valence-electron chi connectivity index (χ0n) is 17.8. The number of carbonyl (C=O) groups is 1. The zero-order chi connectivity index (χ0) is 22.5. The van der Waals surface area contributed by atoms with Gasteiger partial charge in [0.15, 0.2) is 0 Å². The molecule has 1 N–H and O–H groups in total. The molecule has 0 saturated heterocycles. The molecular weight excluding hydrogens is 442 g/mol. The Morgan fingerprint density at radius 2 is 1.97 bits per heavy atom. The highest BCUT2D eigenvalue weighted by Gasteiger charge is 2.11. The second-order valence-corrected chi connectivity index (χ2v) is 9.46. The number of methoxy groups -OCH3 is 1. The van der Waals surface area contributed by atoms with Crippen LogP contribution in [0, 0.1) is 0 Å². The van der Waals surface area contributed by atoms with Crippen molar-refractivity contribution < 1.29 is 9.53 Å². The van der Waals surface area contributed by atoms with Gasteiger partial charge in [0, 0.05) is 22.8 Å². The molecule has 0 spiro atoms. The molecule has 0 radical (unpaired) electrons. The van der Waals surface area contributed by atoms with E-state index in [1.54, 1.807) is 35.7 Å². The monoisotopic (exact) mass is 465 g/mol. The number of thioether (sulfide) groups is 1. The van der Waals surface area contributed by atoms with Gasteiger partial charge in [0.05, 0.1) is 36.0 Å². The predicted octanol–water partition coefficient (Wildman–Crippen LogP) is 4.81. The number of benzene rings is 2. The average molecular weight is 466 g/mol. The van der Waals surface area contributed by atoms with Crippen LogP contribution in [0.25, 0.3) is 10.2 Å². The first-order valence-corrected chi connectivity index (χ1v) is 12.0. The highest BCUT2D eigenvalue weighted by molar-refractivity contribution is 7.99. The zero-order valence-corrected chi connectivity index (χ0v) is 19.5. The number of carbonyl (C=O) groups excluding carboxylic acids is 1. The molecule has 0 aliphatic heterocycles. The minimum Gasteiger partial charge on any atom is -0.497 e. The average Bonchev–Trinajstić information content (AvgIpc) is 3.09. The molecular formula is C24H23N3O3S2. The fourth-order valence-electron chi connectivity index (χ4n) is 3.39. The fraction of sp³-hybridized carbons (Fsp3) is 0.208. The standard InChI is InChI=1S/C24H23N3O3S2/c1-3-31-20-7-4-16(5-8-20)12-23(28)26-17-6-9-21-22(14-17)32-24(29)27(21)15-18-13-19(30-2)10-11-25-18/h4-11,13-14H,3,12,15H2,1-2H3,(H,26,28). The lowest BCUT2D eigenvalue weighted by Crippen LogP contribution is -2.15. The minimum atomic E-state index is -0.0902. The van der Waals surface area contributed by atoms with Gasteiger partial charge < -0.3 is 10.1 Å². The number of amides is 1. The van der Waals surface area contributed by atoms with Gasteiger partial charge in [-0.3, -0.25) is 19.1 Å². The van der Waals surface area contributed by atoms with E-state index in [4.69, 9.17) is 4.74 Å². The van der Waals surface area contributed by atoms with Crippen LogP contribution in [-0.2, 0) is 17.8 Å². The molecule has 0 fully saturated rings. The van der Waals surface area contributed by atoms with Crippen molar-refractivity contribution >= 4 is 44.9 Å². The molecule has 4 rings (SSSR count). The first-order chi connectivity index (χ1) is 15.6. The number of hydrogen-bond acceptors (Lipinski definition) is 6. The molecule has 0 saturated carbocycles. The number of hydrogen-bond donors (Lipinski definition) is 1. The minimum absolute atomic E-state index is 0.0712. The summed E-state index contributed by atoms with van der Waals surface area (Å²) < 4.78 is 7.74. The van der Waals surface area contributed by atoms with Crippen LogP contribution in [0.1, 0.15) is 18.2 Å². The molecule has 2 heterocycles. The molecule has 2 aromatic carbocycles. The van der Waals surface area contributed by atoms with Gasteiger partial charge in [0.25, 0.3) is 0 Å². The maximum atomic E-state index is 12.6. The Morgan fingerprint density at radius 1 is 1.16 bits per heavy atom. The van der Waals surface area contributed by atoms with E-state index in [1.807, 2.05) is 48.5 Å². The van der Waals surface area contributed by atoms with Gasteiger partial charge >= 0.3 is 4.87 Å². The molecule has 0 unspecified atom stereocenters. The lowest BCUT2D eigenvalue weighted by Gasteiger charge is -2.08. The van der Waals surface area contributed by atoms with Crippen molar-refractivity contribution in [2.24, 2.45) is 0 Å². The molecule has 0 aliphatic rings. The second-order valence-electron chi connectivity index (χ2n) is 7.13. The number of nitrogens with zero attached hydrogens (tertiary/aromatic N) is 2. The van der Waals surface area contributed by atoms with Crippen molar-refractivity contribution in [2.45, 2.75) is 24.8 Å². The summed E-state index contributed by atoms with van der Waals surface area (Å²) in [4.78, 5) is 30.5. The Kier molecular flexibility index (Phi) is 6.92. The number of pyridine rings is 1. The number of aromatic nitrogens is 2. The second kappa shape index (κ2) is 10.0. The van der Waals surface area contributed by atoms with Gasteiger partial charge in [-0.15, -0.1) is 11.8 Å². The van der Waals surface area contributed by atoms with Crippen molar-refractivity contribution in [3.05, 3.63) is 81.7 Å². The first-order valence-electron chi connectivity index (χ1n) is 10.2. The quantitative estimate of drug-likeness (QED) is 0.378. The molecule has 0 aliphatic carbocycles. The molecule has 1 amide bonds. The van der Waals surface area contributed by atoms with E-state index in [9.17, 15) is 9.59 Å². The maximum Gasteiger partial charge on any atom is 0.308 e. The number of ether oxygens (including phenoxy) is 1. The van der Waals surface area contributed by atoms with Crippen molar-refractivity contribution in [2.75, 3.05) is 18.2 Å². The summed E-state index contributed by atoms with van der Waals surface area (Å²) in [5.74, 6) is 1.63. The Labute approximate surface area is 194 Å². The molecule has 164 valence electrons. The summed E-state index contributed by atoms with van der Waals surface area (Å²) in [6.45, 7) is 2.47. The largest absolute Gasteiger partial charge is 0.497 e. The molecule has 4 aromatic rings. The molecule has 2 aromatic heterocycles. The lowest BCUT2D eigenvalue weighted by atomic mass is 10.1. The number of fused-ring (bicyclic) bond motifs is 1. The number of rotatable bonds is 8. The number of anilines is 1. The number of nitrogens with one attached hydrogen (secondary N) is 1. The number of thiazole rings is 1. The van der Waals surface area contributed by atoms with E-state index >= 15 is 0 Å². The molecule has 0 atom stereocenters. The van der Waals surface area contributed by atoms with Crippen molar-refractivity contribution in [1.29, 1.82) is 0 Å². The lowest BCUT2D eigenvalue weighted by molar-refractivity contribution is -0.115. The van der Waals surface area contributed by atoms with Gasteiger partial charge in [-0.05, 0) is 47.7 Å². The highest BCUT2D eigenvalue weighted by Crippen LogP contribution is 2.23. The van der Waals surface area contributed by atoms with Crippen LogP contribution in [0.3, 0.4) is 0 Å². The summed E-state index contributed by atoms with van der Waals surface area (Å²) in [5.41, 5.74) is 3.19. The van der Waals surface area contributed by atoms with E-state index in [2.05, 4.69) is 17.2 Å². The smallest absolute Gasteiger partial charge is 0.308 e. The van der Waals surface area contributed by atoms with E-state index in [1.165, 1.54) is 4.90 Å². The molecule has 32 heavy (non-hydrogen) atoms. The van der Waals surface area contributed by atoms with Gasteiger partial charge in [-0.25, -0.2) is 0 Å². The Morgan fingerprint density at radius 3 is 2.72 bits per heavy atom. The SMILES string of the molecule is CCSc1ccc(CC(=O)Nc2ccc3c(c2)sc(=O)n3Cc2cc(OC)ccn2)cc1. The van der Waals surface area contributed by atoms with Crippen LogP contribution in [-0.4, -0.2) is 28.3 Å². The summed E-state index contributed by atoms with van der Waals surface area (Å²) in [6, 6.07) is 17.2. The van der Waals surface area contributed by atoms with Crippen LogP contribution in [0.15, 0.2) is 70.5 Å². The fourth-order valence-corrected chi connectivity index (χ4v) is 4.98. The normalized spacial score (nSPS) is 10.9. The highest BCUT2D eigenvalue weighted by atomic mass is 32.2. The Hall–Kier alpha value is -3.10. The van der Waals surface area contributed by atoms with Crippen LogP contribution in [0.5, 0.6) is 5.75 Å². The van der Waals surface area contributed by atoms with E-state index in [0.29, 0.717) is 24.4 Å². The van der Waals surface area contributed by atoms with Crippen molar-refractivity contribution in [3.8, 4) is 5.75 Å². The van der Waals surface area contributed by atoms with Crippen LogP contribution in [0.2, 0.25) is 0 Å². The molecule has 6 nitrogen and oxygen atoms in total. The Balaban J connectivity index is 1.47. The third-order valence-corrected chi connectivity index (χ3v) is 6.73. The topological polar surface area (TPSA) is 73.2 Å². The third-order valence-electron chi connectivity index (χ3n) is 4.89. The van der Waals surface area contributed by atoms with Gasteiger partial charge in [0.2, 0.25) is 5.91 Å². The molecule has 8 heteroatoms. The molecule has 0 bridgehead atoms. The summed E-state index contributed by atoms with van der Waals surface area (Å²) >= 11 is 2.93. The predicted molar refractivity (Wildman–Crippen MR) is 131 cm³/mol.